The molecular weight excluding hydrogens is 234 g/mol. The minimum atomic E-state index is -3.24. The second-order valence-electron chi connectivity index (χ2n) is 4.49. The van der Waals surface area contributed by atoms with Crippen LogP contribution in [-0.2, 0) is 16.3 Å². The molecule has 1 aromatic rings. The van der Waals surface area contributed by atoms with E-state index >= 15 is 0 Å². The first-order chi connectivity index (χ1) is 7.96. The smallest absolute Gasteiger partial charge is 0.203 e. The van der Waals surface area contributed by atoms with Gasteiger partial charge in [0.05, 0.1) is 4.90 Å². The molecule has 1 aliphatic rings. The highest BCUT2D eigenvalue weighted by atomic mass is 32.2. The molecular formula is C13H17NO2S. The molecule has 1 aromatic carbocycles. The van der Waals surface area contributed by atoms with Gasteiger partial charge in [0.25, 0.3) is 0 Å². The zero-order valence-electron chi connectivity index (χ0n) is 10.3. The quantitative estimate of drug-likeness (QED) is 0.893. The fourth-order valence-electron chi connectivity index (χ4n) is 2.10. The van der Waals surface area contributed by atoms with Gasteiger partial charge >= 0.3 is 0 Å². The summed E-state index contributed by atoms with van der Waals surface area (Å²) in [4.78, 5) is 0.941. The minimum absolute atomic E-state index is 0.262. The van der Waals surface area contributed by atoms with Crippen molar-refractivity contribution in [3.63, 3.8) is 0 Å². The lowest BCUT2D eigenvalue weighted by Gasteiger charge is -2.13. The lowest BCUT2D eigenvalue weighted by Crippen LogP contribution is -2.24. The Morgan fingerprint density at radius 2 is 2.06 bits per heavy atom. The zero-order valence-corrected chi connectivity index (χ0v) is 11.1. The maximum atomic E-state index is 12.2. The van der Waals surface area contributed by atoms with Gasteiger partial charge in [0.2, 0.25) is 9.84 Å². The van der Waals surface area contributed by atoms with Crippen LogP contribution < -0.4 is 5.32 Å². The molecule has 3 nitrogen and oxygen atoms in total. The van der Waals surface area contributed by atoms with Gasteiger partial charge in [-0.05, 0) is 44.5 Å². The molecule has 4 heteroatoms. The number of rotatable bonds is 3. The maximum absolute atomic E-state index is 12.2. The summed E-state index contributed by atoms with van der Waals surface area (Å²) in [6, 6.07) is 5.94. The largest absolute Gasteiger partial charge is 0.317 e. The standard InChI is InChI=1S/C13H17NO2S/c1-9(14-3)7-11-5-4-6-12-8-10(2)17(15,16)13(11)12/h4-6,8-9,14H,7H2,1-3H3. The van der Waals surface area contributed by atoms with Crippen molar-refractivity contribution in [2.75, 3.05) is 7.05 Å². The van der Waals surface area contributed by atoms with Crippen LogP contribution in [-0.4, -0.2) is 21.5 Å². The third-order valence-corrected chi connectivity index (χ3v) is 5.20. The Morgan fingerprint density at radius 1 is 1.35 bits per heavy atom. The normalized spacial score (nSPS) is 18.6. The molecule has 1 atom stereocenters. The van der Waals surface area contributed by atoms with E-state index in [1.54, 1.807) is 13.0 Å². The second-order valence-corrected chi connectivity index (χ2v) is 6.55. The van der Waals surface area contributed by atoms with Crippen LogP contribution in [0, 0.1) is 0 Å². The second kappa shape index (κ2) is 4.27. The molecule has 0 saturated heterocycles. The van der Waals surface area contributed by atoms with Crippen molar-refractivity contribution in [2.24, 2.45) is 0 Å². The molecule has 0 saturated carbocycles. The van der Waals surface area contributed by atoms with Gasteiger partial charge in [-0.15, -0.1) is 0 Å². The molecule has 1 heterocycles. The van der Waals surface area contributed by atoms with Crippen molar-refractivity contribution in [3.05, 3.63) is 34.2 Å². The molecule has 92 valence electrons. The average Bonchev–Trinajstić information content (AvgIpc) is 2.51. The predicted octanol–water partition coefficient (Wildman–Crippen LogP) is 1.99. The molecule has 0 bridgehead atoms. The summed E-state index contributed by atoms with van der Waals surface area (Å²) in [5.41, 5.74) is 1.72. The summed E-state index contributed by atoms with van der Waals surface area (Å²) < 4.78 is 24.4. The number of nitrogens with one attached hydrogen (secondary N) is 1. The molecule has 1 aliphatic heterocycles. The summed E-state index contributed by atoms with van der Waals surface area (Å²) in [5, 5.41) is 3.13. The Hall–Kier alpha value is -1.13. The number of hydrogen-bond acceptors (Lipinski definition) is 3. The third kappa shape index (κ3) is 2.03. The summed E-state index contributed by atoms with van der Waals surface area (Å²) in [7, 11) is -1.35. The Balaban J connectivity index is 2.52. The van der Waals surface area contributed by atoms with E-state index in [9.17, 15) is 8.42 Å². The number of fused-ring (bicyclic) bond motifs is 1. The molecule has 1 N–H and O–H groups in total. The summed E-state index contributed by atoms with van der Waals surface area (Å²) >= 11 is 0. The highest BCUT2D eigenvalue weighted by molar-refractivity contribution is 7.95. The van der Waals surface area contributed by atoms with E-state index in [1.807, 2.05) is 32.2 Å². The first-order valence-electron chi connectivity index (χ1n) is 5.69. The van der Waals surface area contributed by atoms with E-state index in [0.29, 0.717) is 9.80 Å². The predicted molar refractivity (Wildman–Crippen MR) is 69.5 cm³/mol. The highest BCUT2D eigenvalue weighted by Crippen LogP contribution is 2.35. The van der Waals surface area contributed by atoms with Crippen molar-refractivity contribution >= 4 is 15.9 Å². The Bertz CT molecular complexity index is 573. The Labute approximate surface area is 102 Å². The van der Waals surface area contributed by atoms with Gasteiger partial charge in [-0.2, -0.15) is 0 Å². The lowest BCUT2D eigenvalue weighted by molar-refractivity contribution is 0.590. The maximum Gasteiger partial charge on any atom is 0.203 e. The van der Waals surface area contributed by atoms with Crippen LogP contribution in [0.1, 0.15) is 25.0 Å². The van der Waals surface area contributed by atoms with E-state index in [0.717, 1.165) is 17.5 Å². The number of likely N-dealkylation sites (N-methyl/N-ethyl adjacent to an activating group) is 1. The molecule has 0 aliphatic carbocycles. The zero-order chi connectivity index (χ0) is 12.6. The first kappa shape index (κ1) is 12.3. The number of benzene rings is 1. The Morgan fingerprint density at radius 3 is 2.71 bits per heavy atom. The van der Waals surface area contributed by atoms with Gasteiger partial charge < -0.3 is 5.32 Å². The van der Waals surface area contributed by atoms with Crippen LogP contribution in [0.25, 0.3) is 6.08 Å². The topological polar surface area (TPSA) is 46.2 Å². The lowest BCUT2D eigenvalue weighted by atomic mass is 10.0. The fourth-order valence-corrected chi connectivity index (χ4v) is 3.63. The van der Waals surface area contributed by atoms with E-state index in [2.05, 4.69) is 5.32 Å². The van der Waals surface area contributed by atoms with Gasteiger partial charge in [-0.25, -0.2) is 8.42 Å². The SMILES string of the molecule is CNC(C)Cc1cccc2c1S(=O)(=O)C(C)=C2. The van der Waals surface area contributed by atoms with Gasteiger partial charge in [0.1, 0.15) is 0 Å². The van der Waals surface area contributed by atoms with Crippen LogP contribution in [0.15, 0.2) is 28.0 Å². The number of sulfone groups is 1. The highest BCUT2D eigenvalue weighted by Gasteiger charge is 2.29. The monoisotopic (exact) mass is 251 g/mol. The van der Waals surface area contributed by atoms with E-state index < -0.39 is 9.84 Å². The summed E-state index contributed by atoms with van der Waals surface area (Å²) in [5.74, 6) is 0. The fraction of sp³-hybridized carbons (Fsp3) is 0.385. The van der Waals surface area contributed by atoms with Gasteiger partial charge in [-0.1, -0.05) is 18.2 Å². The molecule has 0 fully saturated rings. The molecule has 1 unspecified atom stereocenters. The van der Waals surface area contributed by atoms with E-state index in [4.69, 9.17) is 0 Å². The Kier molecular flexibility index (Phi) is 3.10. The van der Waals surface area contributed by atoms with Crippen LogP contribution >= 0.6 is 0 Å². The van der Waals surface area contributed by atoms with Gasteiger partial charge in [-0.3, -0.25) is 0 Å². The van der Waals surface area contributed by atoms with E-state index in [-0.39, 0.29) is 6.04 Å². The molecule has 0 amide bonds. The molecule has 2 rings (SSSR count). The summed E-state index contributed by atoms with van der Waals surface area (Å²) in [6.07, 6.45) is 2.47. The van der Waals surface area contributed by atoms with Crippen LogP contribution in [0.5, 0.6) is 0 Å². The van der Waals surface area contributed by atoms with Crippen molar-refractivity contribution in [1.29, 1.82) is 0 Å². The van der Waals surface area contributed by atoms with Gasteiger partial charge in [0, 0.05) is 10.9 Å². The van der Waals surface area contributed by atoms with Crippen molar-refractivity contribution in [2.45, 2.75) is 31.2 Å². The third-order valence-electron chi connectivity index (χ3n) is 3.20. The minimum Gasteiger partial charge on any atom is -0.317 e. The van der Waals surface area contributed by atoms with E-state index in [1.165, 1.54) is 0 Å². The van der Waals surface area contributed by atoms with Gasteiger partial charge in [0.15, 0.2) is 0 Å². The van der Waals surface area contributed by atoms with Crippen molar-refractivity contribution in [1.82, 2.24) is 5.32 Å². The van der Waals surface area contributed by atoms with Crippen LogP contribution in [0.3, 0.4) is 0 Å². The molecule has 17 heavy (non-hydrogen) atoms. The van der Waals surface area contributed by atoms with Crippen LogP contribution in [0.4, 0.5) is 0 Å². The molecule has 0 spiro atoms. The number of hydrogen-bond donors (Lipinski definition) is 1. The van der Waals surface area contributed by atoms with Crippen molar-refractivity contribution < 1.29 is 8.42 Å². The summed E-state index contributed by atoms with van der Waals surface area (Å²) in [6.45, 7) is 3.70. The average molecular weight is 251 g/mol. The first-order valence-corrected chi connectivity index (χ1v) is 7.17. The number of allylic oxidation sites excluding steroid dienone is 1. The molecule has 0 aromatic heterocycles. The molecule has 0 radical (unpaired) electrons. The van der Waals surface area contributed by atoms with Crippen LogP contribution in [0.2, 0.25) is 0 Å². The van der Waals surface area contributed by atoms with Crippen molar-refractivity contribution in [3.8, 4) is 0 Å².